The Morgan fingerprint density at radius 1 is 1.00 bits per heavy atom. The first-order valence-corrected chi connectivity index (χ1v) is 13.2. The average molecular weight is 531 g/mol. The number of ether oxygens (including phenoxy) is 4. The molecular weight excluding hydrogens is 488 g/mol. The number of carbonyl (C=O) groups excluding carboxylic acids is 1. The topological polar surface area (TPSA) is 107 Å². The molecule has 0 bridgehead atoms. The van der Waals surface area contributed by atoms with Crippen LogP contribution in [0.4, 0.5) is 10.5 Å². The highest BCUT2D eigenvalue weighted by Gasteiger charge is 2.18. The van der Waals surface area contributed by atoms with E-state index in [9.17, 15) is 14.7 Å². The minimum absolute atomic E-state index is 0.263. The number of benzene rings is 2. The molecule has 0 aliphatic rings. The van der Waals surface area contributed by atoms with Gasteiger partial charge in [0.15, 0.2) is 6.10 Å². The Kier molecular flexibility index (Phi) is 14.0. The summed E-state index contributed by atoms with van der Waals surface area (Å²) in [5.41, 5.74) is 2.45. The lowest BCUT2D eigenvalue weighted by Gasteiger charge is -2.24. The third kappa shape index (κ3) is 11.0. The normalized spacial score (nSPS) is 11.6. The van der Waals surface area contributed by atoms with Crippen molar-refractivity contribution in [3.8, 4) is 11.5 Å². The van der Waals surface area contributed by atoms with Crippen molar-refractivity contribution >= 4 is 17.7 Å². The molecule has 0 fully saturated rings. The van der Waals surface area contributed by atoms with Crippen LogP contribution >= 0.6 is 0 Å². The Bertz CT molecular complexity index is 981. The summed E-state index contributed by atoms with van der Waals surface area (Å²) >= 11 is 0. The predicted molar refractivity (Wildman–Crippen MR) is 147 cm³/mol. The third-order valence-corrected chi connectivity index (χ3v) is 5.90. The maximum Gasteiger partial charge on any atom is 0.333 e. The minimum atomic E-state index is -0.983. The molecule has 0 aliphatic heterocycles. The number of hydrogen-bond donors (Lipinski definition) is 2. The van der Waals surface area contributed by atoms with Crippen LogP contribution in [0.5, 0.6) is 11.5 Å². The van der Waals surface area contributed by atoms with E-state index < -0.39 is 12.1 Å². The van der Waals surface area contributed by atoms with Crippen LogP contribution in [-0.4, -0.2) is 74.7 Å². The average Bonchev–Trinajstić information content (AvgIpc) is 2.90. The van der Waals surface area contributed by atoms with Gasteiger partial charge in [0.25, 0.3) is 0 Å². The number of aliphatic carboxylic acids is 1. The van der Waals surface area contributed by atoms with Gasteiger partial charge in [0.1, 0.15) is 18.1 Å². The molecule has 0 aliphatic carbocycles. The summed E-state index contributed by atoms with van der Waals surface area (Å²) in [6.07, 6.45) is 2.64. The van der Waals surface area contributed by atoms with Crippen LogP contribution in [0, 0.1) is 6.92 Å². The van der Waals surface area contributed by atoms with Crippen molar-refractivity contribution in [1.82, 2.24) is 4.90 Å². The summed E-state index contributed by atoms with van der Waals surface area (Å²) in [6.45, 7) is 8.36. The molecule has 9 nitrogen and oxygen atoms in total. The Morgan fingerprint density at radius 2 is 1.74 bits per heavy atom. The van der Waals surface area contributed by atoms with E-state index in [1.165, 1.54) is 0 Å². The van der Waals surface area contributed by atoms with Gasteiger partial charge in [0, 0.05) is 26.2 Å². The molecule has 1 atom stereocenters. The van der Waals surface area contributed by atoms with Gasteiger partial charge >= 0.3 is 12.0 Å². The fraction of sp³-hybridized carbons (Fsp3) is 0.517. The van der Waals surface area contributed by atoms with Crippen molar-refractivity contribution in [1.29, 1.82) is 0 Å². The summed E-state index contributed by atoms with van der Waals surface area (Å²) in [6, 6.07) is 12.6. The largest absolute Gasteiger partial charge is 0.495 e. The van der Waals surface area contributed by atoms with Crippen LogP contribution in [0.2, 0.25) is 0 Å². The molecule has 210 valence electrons. The number of urea groups is 1. The van der Waals surface area contributed by atoms with Crippen molar-refractivity contribution in [2.24, 2.45) is 0 Å². The number of carboxylic acid groups (broad SMARTS) is 1. The zero-order chi connectivity index (χ0) is 27.8. The molecule has 0 radical (unpaired) electrons. The van der Waals surface area contributed by atoms with Crippen molar-refractivity contribution < 1.29 is 33.6 Å². The fourth-order valence-corrected chi connectivity index (χ4v) is 3.79. The molecule has 0 saturated heterocycles. The molecule has 9 heteroatoms. The number of nitrogens with zero attached hydrogens (tertiary/aromatic N) is 1. The lowest BCUT2D eigenvalue weighted by Crippen LogP contribution is -2.40. The number of unbranched alkanes of at least 4 members (excludes halogenated alkanes) is 2. The third-order valence-electron chi connectivity index (χ3n) is 5.90. The van der Waals surface area contributed by atoms with Gasteiger partial charge < -0.3 is 34.3 Å². The van der Waals surface area contributed by atoms with Gasteiger partial charge in [-0.05, 0) is 55.7 Å². The number of hydrogen-bond acceptors (Lipinski definition) is 6. The van der Waals surface area contributed by atoms with Gasteiger partial charge in [-0.3, -0.25) is 0 Å². The Morgan fingerprint density at radius 3 is 2.39 bits per heavy atom. The predicted octanol–water partition coefficient (Wildman–Crippen LogP) is 5.16. The van der Waals surface area contributed by atoms with Crippen molar-refractivity contribution in [3.05, 3.63) is 53.6 Å². The van der Waals surface area contributed by atoms with Gasteiger partial charge in [-0.2, -0.15) is 0 Å². The van der Waals surface area contributed by atoms with Crippen molar-refractivity contribution in [3.63, 3.8) is 0 Å². The SMILES string of the molecule is CCCCCOCCN(CCOc1ccc(CC(OCC)C(=O)O)cc1)C(=O)Nc1cc(C)ccc1OC. The maximum atomic E-state index is 13.1. The molecule has 0 heterocycles. The number of anilines is 1. The van der Waals surface area contributed by atoms with E-state index >= 15 is 0 Å². The zero-order valence-corrected chi connectivity index (χ0v) is 23.0. The molecule has 2 aromatic rings. The van der Waals surface area contributed by atoms with E-state index in [-0.39, 0.29) is 19.1 Å². The highest BCUT2D eigenvalue weighted by atomic mass is 16.5. The lowest BCUT2D eigenvalue weighted by molar-refractivity contribution is -0.149. The van der Waals surface area contributed by atoms with Crippen LogP contribution in [0.3, 0.4) is 0 Å². The zero-order valence-electron chi connectivity index (χ0n) is 23.0. The van der Waals surface area contributed by atoms with Crippen LogP contribution < -0.4 is 14.8 Å². The summed E-state index contributed by atoms with van der Waals surface area (Å²) in [4.78, 5) is 26.1. The van der Waals surface area contributed by atoms with Crippen LogP contribution in [0.15, 0.2) is 42.5 Å². The molecule has 38 heavy (non-hydrogen) atoms. The maximum absolute atomic E-state index is 13.1. The summed E-state index contributed by atoms with van der Waals surface area (Å²) in [7, 11) is 1.57. The van der Waals surface area contributed by atoms with E-state index in [0.717, 1.165) is 30.4 Å². The standard InChI is InChI=1S/C29H42N2O7/c1-5-7-8-17-36-18-15-31(29(34)30-25-20-22(3)9-14-26(25)35-4)16-19-38-24-12-10-23(11-13-24)21-27(28(32)33)37-6-2/h9-14,20,27H,5-8,15-19,21H2,1-4H3,(H,30,34)(H,32,33). The second kappa shape index (κ2) is 17.3. The van der Waals surface area contributed by atoms with Gasteiger partial charge in [0.2, 0.25) is 0 Å². The van der Waals surface area contributed by atoms with Crippen molar-refractivity contribution in [2.45, 2.75) is 52.6 Å². The molecule has 2 rings (SSSR count). The van der Waals surface area contributed by atoms with Gasteiger partial charge in [-0.25, -0.2) is 9.59 Å². The molecule has 2 amide bonds. The fourth-order valence-electron chi connectivity index (χ4n) is 3.79. The second-order valence-corrected chi connectivity index (χ2v) is 8.92. The van der Waals surface area contributed by atoms with Crippen LogP contribution in [-0.2, 0) is 20.7 Å². The van der Waals surface area contributed by atoms with Crippen LogP contribution in [0.1, 0.15) is 44.2 Å². The van der Waals surface area contributed by atoms with Crippen LogP contribution in [0.25, 0.3) is 0 Å². The summed E-state index contributed by atoms with van der Waals surface area (Å²) < 4.78 is 22.3. The number of methoxy groups -OCH3 is 1. The van der Waals surface area contributed by atoms with Gasteiger partial charge in [-0.1, -0.05) is 38.0 Å². The van der Waals surface area contributed by atoms with E-state index in [2.05, 4.69) is 12.2 Å². The minimum Gasteiger partial charge on any atom is -0.495 e. The lowest BCUT2D eigenvalue weighted by atomic mass is 10.1. The van der Waals surface area contributed by atoms with E-state index in [1.807, 2.05) is 37.3 Å². The number of rotatable bonds is 18. The van der Waals surface area contributed by atoms with Crippen molar-refractivity contribution in [2.75, 3.05) is 51.9 Å². The Labute approximate surface area is 226 Å². The Hall–Kier alpha value is -3.30. The summed E-state index contributed by atoms with van der Waals surface area (Å²) in [5.74, 6) is 0.238. The van der Waals surface area contributed by atoms with E-state index in [4.69, 9.17) is 18.9 Å². The molecule has 2 N–H and O–H groups in total. The molecule has 1 unspecified atom stereocenters. The molecule has 0 saturated carbocycles. The van der Waals surface area contributed by atoms with E-state index in [0.29, 0.717) is 50.1 Å². The number of aryl methyl sites for hydroxylation is 1. The molecule has 2 aromatic carbocycles. The van der Waals surface area contributed by atoms with Gasteiger partial charge in [-0.15, -0.1) is 0 Å². The number of nitrogens with one attached hydrogen (secondary N) is 1. The molecule has 0 aromatic heterocycles. The number of carbonyl (C=O) groups is 2. The quantitative estimate of drug-likeness (QED) is 0.257. The smallest absolute Gasteiger partial charge is 0.333 e. The first-order chi connectivity index (χ1) is 18.4. The highest BCUT2D eigenvalue weighted by Crippen LogP contribution is 2.25. The Balaban J connectivity index is 1.96. The van der Waals surface area contributed by atoms with Gasteiger partial charge in [0.05, 0.1) is 25.9 Å². The monoisotopic (exact) mass is 530 g/mol. The number of amides is 2. The van der Waals surface area contributed by atoms with E-state index in [1.54, 1.807) is 31.1 Å². The number of carboxylic acids is 1. The first kappa shape index (κ1) is 30.9. The molecule has 0 spiro atoms. The summed E-state index contributed by atoms with van der Waals surface area (Å²) in [5, 5.41) is 12.2. The second-order valence-electron chi connectivity index (χ2n) is 8.92. The highest BCUT2D eigenvalue weighted by molar-refractivity contribution is 5.91. The first-order valence-electron chi connectivity index (χ1n) is 13.2. The molecular formula is C29H42N2O7.